The lowest BCUT2D eigenvalue weighted by molar-refractivity contribution is -0.277. The Morgan fingerprint density at radius 3 is 2.63 bits per heavy atom. The Kier molecular flexibility index (Phi) is 8.66. The van der Waals surface area contributed by atoms with Crippen LogP contribution in [0.15, 0.2) is 60.6 Å². The molecule has 204 valence electrons. The molecule has 0 radical (unpaired) electrons. The Hall–Kier alpha value is -3.88. The molecular formula is C25H30N4O9. The van der Waals surface area contributed by atoms with Crippen molar-refractivity contribution in [3.63, 3.8) is 0 Å². The Morgan fingerprint density at radius 2 is 1.92 bits per heavy atom. The molecule has 13 nitrogen and oxygen atoms in total. The van der Waals surface area contributed by atoms with E-state index >= 15 is 0 Å². The summed E-state index contributed by atoms with van der Waals surface area (Å²) >= 11 is 0. The van der Waals surface area contributed by atoms with Gasteiger partial charge in [0, 0.05) is 16.8 Å². The number of rotatable bonds is 10. The number of aliphatic hydroxyl groups excluding tert-OH is 4. The molecule has 0 spiro atoms. The summed E-state index contributed by atoms with van der Waals surface area (Å²) in [7, 11) is 0. The molecule has 2 aromatic rings. The smallest absolute Gasteiger partial charge is 0.247 e. The van der Waals surface area contributed by atoms with Crippen LogP contribution in [0.4, 0.5) is 5.69 Å². The van der Waals surface area contributed by atoms with E-state index < -0.39 is 49.3 Å². The molecule has 2 aromatic carbocycles. The SMILES string of the molecule is N=C(N)c1cccc(NC(C(=O)NCC2=COCO2)c2ccccc2OC2OC(CO)C(O)C(O)C2O)c1. The number of amidine groups is 1. The number of benzene rings is 2. The van der Waals surface area contributed by atoms with Gasteiger partial charge in [0.25, 0.3) is 0 Å². The summed E-state index contributed by atoms with van der Waals surface area (Å²) in [6, 6.07) is 12.1. The van der Waals surface area contributed by atoms with Crippen molar-refractivity contribution >= 4 is 17.4 Å². The molecule has 0 saturated carbocycles. The second-order valence-electron chi connectivity index (χ2n) is 8.66. The van der Waals surface area contributed by atoms with Crippen LogP contribution in [0.3, 0.4) is 0 Å². The highest BCUT2D eigenvalue weighted by Crippen LogP contribution is 2.32. The molecule has 9 N–H and O–H groups in total. The van der Waals surface area contributed by atoms with Gasteiger partial charge in [-0.05, 0) is 18.2 Å². The van der Waals surface area contributed by atoms with Crippen molar-refractivity contribution in [2.45, 2.75) is 36.7 Å². The second-order valence-corrected chi connectivity index (χ2v) is 8.66. The number of amides is 1. The molecule has 38 heavy (non-hydrogen) atoms. The number of ether oxygens (including phenoxy) is 4. The third-order valence-corrected chi connectivity index (χ3v) is 6.03. The Morgan fingerprint density at radius 1 is 1.13 bits per heavy atom. The van der Waals surface area contributed by atoms with Crippen molar-refractivity contribution < 1.29 is 44.2 Å². The first-order valence-corrected chi connectivity index (χ1v) is 11.8. The minimum absolute atomic E-state index is 0.0558. The van der Waals surface area contributed by atoms with Crippen molar-refractivity contribution in [1.82, 2.24) is 5.32 Å². The molecule has 1 amide bonds. The van der Waals surface area contributed by atoms with Crippen LogP contribution in [0, 0.1) is 5.41 Å². The fraction of sp³-hybridized carbons (Fsp3) is 0.360. The van der Waals surface area contributed by atoms with Gasteiger partial charge in [-0.25, -0.2) is 0 Å². The number of carbonyl (C=O) groups is 1. The quantitative estimate of drug-likeness (QED) is 0.142. The van der Waals surface area contributed by atoms with Gasteiger partial charge in [0.2, 0.25) is 19.0 Å². The summed E-state index contributed by atoms with van der Waals surface area (Å²) in [5.41, 5.74) is 6.89. The zero-order chi connectivity index (χ0) is 27.2. The van der Waals surface area contributed by atoms with E-state index in [-0.39, 0.29) is 24.9 Å². The van der Waals surface area contributed by atoms with Crippen molar-refractivity contribution in [2.24, 2.45) is 5.73 Å². The molecule has 6 atom stereocenters. The minimum atomic E-state index is -1.64. The van der Waals surface area contributed by atoms with E-state index in [1.54, 1.807) is 48.5 Å². The number of nitrogens with one attached hydrogen (secondary N) is 3. The van der Waals surface area contributed by atoms with Gasteiger partial charge in [-0.1, -0.05) is 30.3 Å². The van der Waals surface area contributed by atoms with Crippen molar-refractivity contribution in [3.8, 4) is 5.75 Å². The highest BCUT2D eigenvalue weighted by molar-refractivity contribution is 5.96. The Labute approximate surface area is 217 Å². The summed E-state index contributed by atoms with van der Waals surface area (Å²) in [4.78, 5) is 13.4. The van der Waals surface area contributed by atoms with Gasteiger partial charge in [-0.2, -0.15) is 0 Å². The van der Waals surface area contributed by atoms with Crippen LogP contribution in [0.2, 0.25) is 0 Å². The predicted octanol–water partition coefficient (Wildman–Crippen LogP) is -0.736. The number of hydrogen-bond acceptors (Lipinski definition) is 11. The zero-order valence-corrected chi connectivity index (χ0v) is 20.2. The van der Waals surface area contributed by atoms with E-state index in [2.05, 4.69) is 10.6 Å². The average molecular weight is 531 g/mol. The first-order valence-electron chi connectivity index (χ1n) is 11.8. The highest BCUT2D eigenvalue weighted by Gasteiger charge is 2.45. The standard InChI is InChI=1S/C25H30N4O9/c26-23(27)13-4-3-5-14(8-13)29-19(24(34)28-9-15-11-35-12-36-15)16-6-1-2-7-17(16)37-25-22(33)21(32)20(31)18(10-30)38-25/h1-8,11,18-22,25,29-33H,9-10,12H2,(H3,26,27)(H,28,34). The molecule has 2 aliphatic heterocycles. The van der Waals surface area contributed by atoms with Gasteiger partial charge in [-0.15, -0.1) is 0 Å². The lowest BCUT2D eigenvalue weighted by atomic mass is 9.99. The lowest BCUT2D eigenvalue weighted by Gasteiger charge is -2.39. The number of aliphatic hydroxyl groups is 4. The summed E-state index contributed by atoms with van der Waals surface area (Å²) in [5, 5.41) is 53.8. The number of para-hydroxylation sites is 1. The molecule has 1 fully saturated rings. The monoisotopic (exact) mass is 530 g/mol. The fourth-order valence-electron chi connectivity index (χ4n) is 3.98. The molecule has 6 unspecified atom stereocenters. The third kappa shape index (κ3) is 6.15. The average Bonchev–Trinajstić information content (AvgIpc) is 3.45. The lowest BCUT2D eigenvalue weighted by Crippen LogP contribution is -2.60. The van der Waals surface area contributed by atoms with Crippen molar-refractivity contribution in [3.05, 3.63) is 71.7 Å². The van der Waals surface area contributed by atoms with E-state index in [0.717, 1.165) is 0 Å². The Bertz CT molecular complexity index is 1180. The number of nitrogens with two attached hydrogens (primary N) is 1. The summed E-state index contributed by atoms with van der Waals surface area (Å²) in [6.45, 7) is -0.506. The van der Waals surface area contributed by atoms with Gasteiger partial charge in [-0.3, -0.25) is 10.2 Å². The number of nitrogen functional groups attached to an aromatic ring is 1. The maximum Gasteiger partial charge on any atom is 0.247 e. The summed E-state index contributed by atoms with van der Waals surface area (Å²) in [5.74, 6) is -0.0563. The molecule has 0 aromatic heterocycles. The minimum Gasteiger partial charge on any atom is -0.462 e. The predicted molar refractivity (Wildman–Crippen MR) is 133 cm³/mol. The zero-order valence-electron chi connectivity index (χ0n) is 20.2. The van der Waals surface area contributed by atoms with Crippen LogP contribution in [0.5, 0.6) is 5.75 Å². The van der Waals surface area contributed by atoms with Crippen LogP contribution < -0.4 is 21.1 Å². The van der Waals surface area contributed by atoms with Crippen LogP contribution in [-0.2, 0) is 19.0 Å². The molecule has 4 rings (SSSR count). The van der Waals surface area contributed by atoms with Crippen LogP contribution in [0.25, 0.3) is 0 Å². The molecule has 13 heteroatoms. The van der Waals surface area contributed by atoms with Crippen LogP contribution in [0.1, 0.15) is 17.2 Å². The summed E-state index contributed by atoms with van der Waals surface area (Å²) in [6.07, 6.45) is -6.04. The molecule has 1 saturated heterocycles. The maximum absolute atomic E-state index is 13.4. The fourth-order valence-corrected chi connectivity index (χ4v) is 3.98. The summed E-state index contributed by atoms with van der Waals surface area (Å²) < 4.78 is 21.6. The molecular weight excluding hydrogens is 500 g/mol. The Balaban J connectivity index is 1.63. The van der Waals surface area contributed by atoms with Crippen molar-refractivity contribution in [1.29, 1.82) is 5.41 Å². The molecule has 2 aliphatic rings. The first-order chi connectivity index (χ1) is 18.3. The van der Waals surface area contributed by atoms with E-state index in [1.165, 1.54) is 6.26 Å². The van der Waals surface area contributed by atoms with Gasteiger partial charge in [0.1, 0.15) is 48.3 Å². The van der Waals surface area contributed by atoms with Gasteiger partial charge in [0.05, 0.1) is 13.2 Å². The normalized spacial score (nSPS) is 25.4. The first kappa shape index (κ1) is 27.2. The van der Waals surface area contributed by atoms with E-state index in [0.29, 0.717) is 22.6 Å². The second kappa shape index (κ2) is 12.1. The topological polar surface area (TPSA) is 209 Å². The molecule has 0 aliphatic carbocycles. The van der Waals surface area contributed by atoms with E-state index in [4.69, 9.17) is 30.1 Å². The van der Waals surface area contributed by atoms with E-state index in [1.807, 2.05) is 0 Å². The van der Waals surface area contributed by atoms with Crippen LogP contribution in [-0.4, -0.2) is 82.8 Å². The van der Waals surface area contributed by atoms with Gasteiger partial charge in [0.15, 0.2) is 5.76 Å². The van der Waals surface area contributed by atoms with Crippen LogP contribution >= 0.6 is 0 Å². The van der Waals surface area contributed by atoms with Gasteiger partial charge < -0.3 is 55.7 Å². The number of carbonyl (C=O) groups excluding carboxylic acids is 1. The molecule has 0 bridgehead atoms. The highest BCUT2D eigenvalue weighted by atomic mass is 16.7. The van der Waals surface area contributed by atoms with E-state index in [9.17, 15) is 25.2 Å². The largest absolute Gasteiger partial charge is 0.462 e. The number of anilines is 1. The third-order valence-electron chi connectivity index (χ3n) is 6.03. The van der Waals surface area contributed by atoms with Crippen molar-refractivity contribution in [2.75, 3.05) is 25.3 Å². The molecule has 2 heterocycles. The maximum atomic E-state index is 13.4. The van der Waals surface area contributed by atoms with Gasteiger partial charge >= 0.3 is 0 Å². The number of hydrogen-bond donors (Lipinski definition) is 8.